The molecule has 2 N–H and O–H groups in total. The molecule has 2 unspecified atom stereocenters. The highest BCUT2D eigenvalue weighted by atomic mass is 16.6. The minimum atomic E-state index is -0.192. The Kier molecular flexibility index (Phi) is 4.53. The molecule has 160 valence electrons. The molecule has 4 nitrogen and oxygen atoms in total. The first-order chi connectivity index (χ1) is 15.7. The highest BCUT2D eigenvalue weighted by Gasteiger charge is 2.41. The summed E-state index contributed by atoms with van der Waals surface area (Å²) in [4.78, 5) is 15.2. The van der Waals surface area contributed by atoms with Gasteiger partial charge >= 0.3 is 6.09 Å². The van der Waals surface area contributed by atoms with Crippen LogP contribution in [0.1, 0.15) is 41.9 Å². The lowest BCUT2D eigenvalue weighted by atomic mass is 9.94. The van der Waals surface area contributed by atoms with E-state index in [1.807, 2.05) is 23.1 Å². The number of anilines is 1. The fourth-order valence-electron chi connectivity index (χ4n) is 5.74. The van der Waals surface area contributed by atoms with Crippen molar-refractivity contribution in [2.24, 2.45) is 0 Å². The van der Waals surface area contributed by atoms with E-state index in [-0.39, 0.29) is 24.1 Å². The molecule has 0 saturated carbocycles. The summed E-state index contributed by atoms with van der Waals surface area (Å²) in [6.07, 6.45) is 4.89. The summed E-state index contributed by atoms with van der Waals surface area (Å²) in [5.74, 6) is 0.0900. The fourth-order valence-corrected chi connectivity index (χ4v) is 5.74. The third-order valence-electron chi connectivity index (χ3n) is 7.20. The number of carbonyl (C=O) groups is 1. The molecule has 1 saturated heterocycles. The normalized spacial score (nSPS) is 21.1. The molecule has 2 bridgehead atoms. The van der Waals surface area contributed by atoms with Gasteiger partial charge in [0.1, 0.15) is 6.61 Å². The van der Waals surface area contributed by atoms with Crippen molar-refractivity contribution in [1.82, 2.24) is 4.90 Å². The zero-order valence-electron chi connectivity index (χ0n) is 17.9. The zero-order chi connectivity index (χ0) is 21.7. The molecular formula is C28H26N2O2. The maximum Gasteiger partial charge on any atom is 0.410 e. The van der Waals surface area contributed by atoms with Gasteiger partial charge in [-0.2, -0.15) is 0 Å². The molecule has 4 heteroatoms. The van der Waals surface area contributed by atoms with Gasteiger partial charge in [-0.3, -0.25) is 4.90 Å². The molecule has 2 aliphatic heterocycles. The van der Waals surface area contributed by atoms with Gasteiger partial charge in [-0.15, -0.1) is 0 Å². The predicted molar refractivity (Wildman–Crippen MR) is 127 cm³/mol. The van der Waals surface area contributed by atoms with Gasteiger partial charge in [-0.1, -0.05) is 66.7 Å². The number of hydrogen-bond donors (Lipinski definition) is 1. The van der Waals surface area contributed by atoms with Crippen LogP contribution in [0.15, 0.2) is 78.9 Å². The summed E-state index contributed by atoms with van der Waals surface area (Å²) in [5, 5.41) is 0. The quantitative estimate of drug-likeness (QED) is 0.540. The first kappa shape index (κ1) is 19.2. The van der Waals surface area contributed by atoms with E-state index in [2.05, 4.69) is 60.7 Å². The zero-order valence-corrected chi connectivity index (χ0v) is 17.9. The summed E-state index contributed by atoms with van der Waals surface area (Å²) in [7, 11) is 0. The van der Waals surface area contributed by atoms with Gasteiger partial charge in [0.2, 0.25) is 0 Å². The van der Waals surface area contributed by atoms with E-state index >= 15 is 0 Å². The van der Waals surface area contributed by atoms with Gasteiger partial charge in [-0.05, 0) is 64.8 Å². The molecule has 1 fully saturated rings. The lowest BCUT2D eigenvalue weighted by Crippen LogP contribution is -2.43. The number of nitrogens with two attached hydrogens (primary N) is 1. The SMILES string of the molecule is Nc1cccc(C2=CC3CCC(C2)N3C(=O)OCC2c3ccccc3-c3ccccc32)c1. The Labute approximate surface area is 188 Å². The second-order valence-electron chi connectivity index (χ2n) is 9.03. The molecule has 1 aliphatic carbocycles. The number of fused-ring (bicyclic) bond motifs is 5. The van der Waals surface area contributed by atoms with Crippen molar-refractivity contribution in [3.05, 3.63) is 95.6 Å². The predicted octanol–water partition coefficient (Wildman–Crippen LogP) is 5.84. The van der Waals surface area contributed by atoms with E-state index in [1.165, 1.54) is 27.8 Å². The lowest BCUT2D eigenvalue weighted by molar-refractivity contribution is 0.0866. The van der Waals surface area contributed by atoms with Crippen LogP contribution in [0.5, 0.6) is 0 Å². The van der Waals surface area contributed by atoms with Crippen molar-refractivity contribution < 1.29 is 9.53 Å². The molecule has 0 radical (unpaired) electrons. The van der Waals surface area contributed by atoms with E-state index in [0.29, 0.717) is 6.61 Å². The van der Waals surface area contributed by atoms with Gasteiger partial charge in [-0.25, -0.2) is 4.79 Å². The van der Waals surface area contributed by atoms with Crippen LogP contribution in [0.2, 0.25) is 0 Å². The van der Waals surface area contributed by atoms with Crippen molar-refractivity contribution in [3.63, 3.8) is 0 Å². The molecule has 0 spiro atoms. The highest BCUT2D eigenvalue weighted by molar-refractivity contribution is 5.79. The third-order valence-corrected chi connectivity index (χ3v) is 7.20. The highest BCUT2D eigenvalue weighted by Crippen LogP contribution is 2.45. The maximum absolute atomic E-state index is 13.2. The average Bonchev–Trinajstić information content (AvgIpc) is 3.28. The van der Waals surface area contributed by atoms with E-state index in [0.717, 1.165) is 30.5 Å². The van der Waals surface area contributed by atoms with Crippen LogP contribution in [0.3, 0.4) is 0 Å². The molecule has 0 aromatic heterocycles. The van der Waals surface area contributed by atoms with E-state index < -0.39 is 0 Å². The lowest BCUT2D eigenvalue weighted by Gasteiger charge is -2.33. The van der Waals surface area contributed by atoms with E-state index in [9.17, 15) is 4.79 Å². The average molecular weight is 423 g/mol. The molecule has 6 rings (SSSR count). The van der Waals surface area contributed by atoms with Crippen molar-refractivity contribution in [2.45, 2.75) is 37.3 Å². The number of nitrogens with zero attached hydrogens (tertiary/aromatic N) is 1. The smallest absolute Gasteiger partial charge is 0.410 e. The number of hydrogen-bond acceptors (Lipinski definition) is 3. The summed E-state index contributed by atoms with van der Waals surface area (Å²) in [5.41, 5.74) is 14.2. The van der Waals surface area contributed by atoms with Crippen LogP contribution in [-0.4, -0.2) is 29.7 Å². The van der Waals surface area contributed by atoms with Crippen molar-refractivity contribution >= 4 is 17.4 Å². The topological polar surface area (TPSA) is 55.6 Å². The Morgan fingerprint density at radius 2 is 1.66 bits per heavy atom. The first-order valence-electron chi connectivity index (χ1n) is 11.4. The number of nitrogen functional groups attached to an aromatic ring is 1. The first-order valence-corrected chi connectivity index (χ1v) is 11.4. The second-order valence-corrected chi connectivity index (χ2v) is 9.03. The molecule has 1 amide bonds. The Morgan fingerprint density at radius 3 is 2.34 bits per heavy atom. The molecular weight excluding hydrogens is 396 g/mol. The van der Waals surface area contributed by atoms with Crippen molar-refractivity contribution in [1.29, 1.82) is 0 Å². The second kappa shape index (κ2) is 7.56. The van der Waals surface area contributed by atoms with Crippen LogP contribution >= 0.6 is 0 Å². The van der Waals surface area contributed by atoms with E-state index in [4.69, 9.17) is 10.5 Å². The van der Waals surface area contributed by atoms with Gasteiger partial charge in [0.25, 0.3) is 0 Å². The maximum atomic E-state index is 13.2. The monoisotopic (exact) mass is 422 g/mol. The van der Waals surface area contributed by atoms with Gasteiger partial charge in [0.15, 0.2) is 0 Å². The van der Waals surface area contributed by atoms with Gasteiger partial charge in [0, 0.05) is 17.6 Å². The van der Waals surface area contributed by atoms with Gasteiger partial charge in [0.05, 0.1) is 6.04 Å². The molecule has 2 heterocycles. The van der Waals surface area contributed by atoms with Crippen LogP contribution in [0.25, 0.3) is 16.7 Å². The minimum Gasteiger partial charge on any atom is -0.448 e. The molecule has 3 aromatic rings. The van der Waals surface area contributed by atoms with Crippen molar-refractivity contribution in [3.8, 4) is 11.1 Å². The molecule has 3 aliphatic rings. The van der Waals surface area contributed by atoms with Crippen molar-refractivity contribution in [2.75, 3.05) is 12.3 Å². The number of benzene rings is 3. The molecule has 32 heavy (non-hydrogen) atoms. The third kappa shape index (κ3) is 3.10. The molecule has 2 atom stereocenters. The standard InChI is InChI=1S/C28H26N2O2/c29-20-7-5-6-18(14-20)19-15-21-12-13-22(16-19)30(21)28(31)32-17-27-25-10-3-1-8-23(25)24-9-2-4-11-26(24)27/h1-11,14-15,21-22,27H,12-13,16-17,29H2. The summed E-state index contributed by atoms with van der Waals surface area (Å²) in [6, 6.07) is 25.2. The number of carbonyl (C=O) groups excluding carboxylic acids is 1. The summed E-state index contributed by atoms with van der Waals surface area (Å²) >= 11 is 0. The van der Waals surface area contributed by atoms with Crippen LogP contribution in [0.4, 0.5) is 10.5 Å². The van der Waals surface area contributed by atoms with Gasteiger partial charge < -0.3 is 10.5 Å². The summed E-state index contributed by atoms with van der Waals surface area (Å²) < 4.78 is 5.96. The number of ether oxygens (including phenoxy) is 1. The largest absolute Gasteiger partial charge is 0.448 e. The minimum absolute atomic E-state index is 0.0900. The fraction of sp³-hybridized carbons (Fsp3) is 0.250. The number of amides is 1. The number of rotatable bonds is 3. The summed E-state index contributed by atoms with van der Waals surface area (Å²) in [6.45, 7) is 0.370. The van der Waals surface area contributed by atoms with Crippen LogP contribution < -0.4 is 5.73 Å². The van der Waals surface area contributed by atoms with Crippen LogP contribution in [0, 0.1) is 0 Å². The van der Waals surface area contributed by atoms with E-state index in [1.54, 1.807) is 0 Å². The Morgan fingerprint density at radius 1 is 0.938 bits per heavy atom. The molecule has 3 aromatic carbocycles. The van der Waals surface area contributed by atoms with Crippen LogP contribution in [-0.2, 0) is 4.74 Å². The Balaban J connectivity index is 1.20. The Bertz CT molecular complexity index is 1190. The Hall–Kier alpha value is -3.53.